The van der Waals surface area contributed by atoms with Crippen LogP contribution in [0.1, 0.15) is 15.9 Å². The molecule has 1 heterocycles. The molecule has 0 saturated heterocycles. The molecule has 0 radical (unpaired) electrons. The van der Waals surface area contributed by atoms with Crippen molar-refractivity contribution in [2.45, 2.75) is 0 Å². The molecular formula is C14H12ClN3O2. The summed E-state index contributed by atoms with van der Waals surface area (Å²) < 4.78 is 5.10. The standard InChI is InChI=1S/C14H12ClN3O2/c1-20-13-5-4-11(15)7-12(13)14(19)18-17-9-10-3-2-6-16-8-10/h2-9H,1H3,(H,18,19)/b17-9+. The number of amides is 1. The van der Waals surface area contributed by atoms with E-state index in [-0.39, 0.29) is 0 Å². The number of methoxy groups -OCH3 is 1. The van der Waals surface area contributed by atoms with E-state index in [9.17, 15) is 4.79 Å². The second-order valence-corrected chi connectivity index (χ2v) is 4.27. The van der Waals surface area contributed by atoms with Crippen LogP contribution in [0, 0.1) is 0 Å². The molecule has 102 valence electrons. The Morgan fingerprint density at radius 1 is 1.45 bits per heavy atom. The quantitative estimate of drug-likeness (QED) is 0.695. The molecule has 1 amide bonds. The third-order valence-electron chi connectivity index (χ3n) is 2.47. The van der Waals surface area contributed by atoms with Crippen LogP contribution in [0.5, 0.6) is 5.75 Å². The lowest BCUT2D eigenvalue weighted by molar-refractivity contribution is 0.0952. The van der Waals surface area contributed by atoms with E-state index in [1.807, 2.05) is 6.07 Å². The number of hydrazone groups is 1. The Labute approximate surface area is 121 Å². The summed E-state index contributed by atoms with van der Waals surface area (Å²) in [6.07, 6.45) is 4.80. The van der Waals surface area contributed by atoms with Gasteiger partial charge < -0.3 is 4.74 Å². The minimum atomic E-state index is -0.399. The van der Waals surface area contributed by atoms with Crippen LogP contribution in [0.2, 0.25) is 5.02 Å². The van der Waals surface area contributed by atoms with E-state index in [0.29, 0.717) is 16.3 Å². The molecule has 1 N–H and O–H groups in total. The van der Waals surface area contributed by atoms with Gasteiger partial charge in [0.15, 0.2) is 0 Å². The van der Waals surface area contributed by atoms with Gasteiger partial charge in [-0.25, -0.2) is 5.43 Å². The second kappa shape index (κ2) is 6.68. The van der Waals surface area contributed by atoms with Gasteiger partial charge >= 0.3 is 0 Å². The summed E-state index contributed by atoms with van der Waals surface area (Å²) in [5.74, 6) is 0.0352. The fraction of sp³-hybridized carbons (Fsp3) is 0.0714. The minimum Gasteiger partial charge on any atom is -0.496 e. The molecule has 0 aliphatic carbocycles. The number of rotatable bonds is 4. The number of carbonyl (C=O) groups is 1. The highest BCUT2D eigenvalue weighted by Gasteiger charge is 2.11. The lowest BCUT2D eigenvalue weighted by Crippen LogP contribution is -2.18. The van der Waals surface area contributed by atoms with Crippen LogP contribution in [-0.2, 0) is 0 Å². The highest BCUT2D eigenvalue weighted by Crippen LogP contribution is 2.22. The van der Waals surface area contributed by atoms with Crippen LogP contribution in [0.4, 0.5) is 0 Å². The zero-order valence-corrected chi connectivity index (χ0v) is 11.5. The highest BCUT2D eigenvalue weighted by molar-refractivity contribution is 6.31. The Morgan fingerprint density at radius 3 is 3.00 bits per heavy atom. The van der Waals surface area contributed by atoms with E-state index in [0.717, 1.165) is 5.56 Å². The Kier molecular flexibility index (Phi) is 4.68. The van der Waals surface area contributed by atoms with Crippen molar-refractivity contribution in [3.05, 3.63) is 58.9 Å². The van der Waals surface area contributed by atoms with Crippen LogP contribution >= 0.6 is 11.6 Å². The lowest BCUT2D eigenvalue weighted by Gasteiger charge is -2.07. The van der Waals surface area contributed by atoms with Gasteiger partial charge in [0.25, 0.3) is 5.91 Å². The number of aromatic nitrogens is 1. The number of benzene rings is 1. The summed E-state index contributed by atoms with van der Waals surface area (Å²) in [6, 6.07) is 8.40. The van der Waals surface area contributed by atoms with Gasteiger partial charge in [-0.15, -0.1) is 0 Å². The average molecular weight is 290 g/mol. The van der Waals surface area contributed by atoms with Crippen molar-refractivity contribution in [3.63, 3.8) is 0 Å². The zero-order valence-electron chi connectivity index (χ0n) is 10.7. The first-order chi connectivity index (χ1) is 9.70. The molecule has 5 nitrogen and oxygen atoms in total. The second-order valence-electron chi connectivity index (χ2n) is 3.83. The molecule has 0 fully saturated rings. The summed E-state index contributed by atoms with van der Waals surface area (Å²) in [5.41, 5.74) is 3.52. The smallest absolute Gasteiger partial charge is 0.275 e. The molecule has 0 atom stereocenters. The van der Waals surface area contributed by atoms with Crippen LogP contribution in [0.15, 0.2) is 47.8 Å². The van der Waals surface area contributed by atoms with Crippen LogP contribution in [0.3, 0.4) is 0 Å². The fourth-order valence-corrected chi connectivity index (χ4v) is 1.71. The van der Waals surface area contributed by atoms with Gasteiger partial charge in [0, 0.05) is 23.0 Å². The summed E-state index contributed by atoms with van der Waals surface area (Å²) in [5, 5.41) is 4.31. The summed E-state index contributed by atoms with van der Waals surface area (Å²) in [6.45, 7) is 0. The first-order valence-corrected chi connectivity index (χ1v) is 6.15. The third kappa shape index (κ3) is 3.55. The Balaban J connectivity index is 2.09. The van der Waals surface area contributed by atoms with E-state index >= 15 is 0 Å². The first kappa shape index (κ1) is 14.0. The molecule has 0 bridgehead atoms. The molecule has 6 heteroatoms. The Morgan fingerprint density at radius 2 is 2.30 bits per heavy atom. The molecule has 2 aromatic rings. The number of pyridine rings is 1. The Hall–Kier alpha value is -2.40. The van der Waals surface area contributed by atoms with Crippen LogP contribution in [-0.4, -0.2) is 24.2 Å². The van der Waals surface area contributed by atoms with E-state index in [1.54, 1.807) is 30.6 Å². The van der Waals surface area contributed by atoms with Gasteiger partial charge in [0.2, 0.25) is 0 Å². The molecule has 20 heavy (non-hydrogen) atoms. The SMILES string of the molecule is COc1ccc(Cl)cc1C(=O)N/N=C/c1cccnc1. The number of nitrogens with one attached hydrogen (secondary N) is 1. The molecule has 0 spiro atoms. The monoisotopic (exact) mass is 289 g/mol. The molecule has 1 aromatic carbocycles. The number of carbonyl (C=O) groups excluding carboxylic acids is 1. The van der Waals surface area contributed by atoms with E-state index in [2.05, 4.69) is 15.5 Å². The predicted octanol–water partition coefficient (Wildman–Crippen LogP) is 2.51. The number of ether oxygens (including phenoxy) is 1. The summed E-state index contributed by atoms with van der Waals surface area (Å²) in [4.78, 5) is 15.9. The van der Waals surface area contributed by atoms with Crippen molar-refractivity contribution in [2.24, 2.45) is 5.10 Å². The largest absolute Gasteiger partial charge is 0.496 e. The Bertz CT molecular complexity index is 630. The molecule has 1 aromatic heterocycles. The van der Waals surface area contributed by atoms with Crippen molar-refractivity contribution in [2.75, 3.05) is 7.11 Å². The normalized spacial score (nSPS) is 10.5. The fourth-order valence-electron chi connectivity index (χ4n) is 1.54. The molecule has 0 aliphatic rings. The van der Waals surface area contributed by atoms with Gasteiger partial charge in [-0.2, -0.15) is 5.10 Å². The number of hydrogen-bond donors (Lipinski definition) is 1. The maximum atomic E-state index is 12.0. The highest BCUT2D eigenvalue weighted by atomic mass is 35.5. The van der Waals surface area contributed by atoms with Crippen molar-refractivity contribution < 1.29 is 9.53 Å². The number of nitrogens with zero attached hydrogens (tertiary/aromatic N) is 2. The minimum absolute atomic E-state index is 0.323. The maximum Gasteiger partial charge on any atom is 0.275 e. The lowest BCUT2D eigenvalue weighted by atomic mass is 10.2. The van der Waals surface area contributed by atoms with Gasteiger partial charge in [-0.3, -0.25) is 9.78 Å². The molecule has 0 aliphatic heterocycles. The maximum absolute atomic E-state index is 12.0. The topological polar surface area (TPSA) is 63.6 Å². The van der Waals surface area contributed by atoms with Crippen LogP contribution in [0.25, 0.3) is 0 Å². The van der Waals surface area contributed by atoms with Crippen molar-refractivity contribution in [3.8, 4) is 5.75 Å². The average Bonchev–Trinajstić information content (AvgIpc) is 2.48. The molecule has 0 saturated carbocycles. The van der Waals surface area contributed by atoms with Gasteiger partial charge in [0.05, 0.1) is 18.9 Å². The van der Waals surface area contributed by atoms with Crippen molar-refractivity contribution >= 4 is 23.7 Å². The molecule has 0 unspecified atom stereocenters. The van der Waals surface area contributed by atoms with Crippen molar-refractivity contribution in [1.82, 2.24) is 10.4 Å². The van der Waals surface area contributed by atoms with E-state index in [4.69, 9.17) is 16.3 Å². The third-order valence-corrected chi connectivity index (χ3v) is 2.71. The molecule has 2 rings (SSSR count). The zero-order chi connectivity index (χ0) is 14.4. The number of hydrogen-bond acceptors (Lipinski definition) is 4. The van der Waals surface area contributed by atoms with Gasteiger partial charge in [-0.05, 0) is 24.3 Å². The van der Waals surface area contributed by atoms with Gasteiger partial charge in [0.1, 0.15) is 5.75 Å². The predicted molar refractivity (Wildman–Crippen MR) is 77.3 cm³/mol. The van der Waals surface area contributed by atoms with Crippen LogP contribution < -0.4 is 10.2 Å². The van der Waals surface area contributed by atoms with E-state index < -0.39 is 5.91 Å². The first-order valence-electron chi connectivity index (χ1n) is 5.77. The van der Waals surface area contributed by atoms with Gasteiger partial charge in [-0.1, -0.05) is 17.7 Å². The molecular weight excluding hydrogens is 278 g/mol. The summed E-state index contributed by atoms with van der Waals surface area (Å²) >= 11 is 5.87. The number of halogens is 1. The summed E-state index contributed by atoms with van der Waals surface area (Å²) in [7, 11) is 1.49. The van der Waals surface area contributed by atoms with E-state index in [1.165, 1.54) is 19.4 Å². The van der Waals surface area contributed by atoms with Crippen molar-refractivity contribution in [1.29, 1.82) is 0 Å².